The van der Waals surface area contributed by atoms with E-state index in [1.807, 2.05) is 42.6 Å². The zero-order chi connectivity index (χ0) is 15.7. The molecule has 0 saturated carbocycles. The predicted molar refractivity (Wildman–Crippen MR) is 86.1 cm³/mol. The van der Waals surface area contributed by atoms with E-state index in [0.717, 1.165) is 11.3 Å². The Balaban J connectivity index is 2.08. The Bertz CT molecular complexity index is 830. The van der Waals surface area contributed by atoms with Gasteiger partial charge in [-0.3, -0.25) is 9.59 Å². The number of hydrogen-bond donors (Lipinski definition) is 0. The molecule has 5 heteroatoms. The first-order valence-electron chi connectivity index (χ1n) is 6.82. The smallest absolute Gasteiger partial charge is 0.206 e. The van der Waals surface area contributed by atoms with E-state index >= 15 is 0 Å². The fourth-order valence-corrected chi connectivity index (χ4v) is 2.85. The summed E-state index contributed by atoms with van der Waals surface area (Å²) in [5.74, 6) is -0.385. The molecule has 0 radical (unpaired) electrons. The SMILES string of the molecule is CC(=O)c1nn(-c2ccc(C)cc2)cc1C(=O)c1cccs1. The van der Waals surface area contributed by atoms with Gasteiger partial charge in [0.2, 0.25) is 5.78 Å². The fraction of sp³-hybridized carbons (Fsp3) is 0.118. The van der Waals surface area contributed by atoms with E-state index in [2.05, 4.69) is 5.10 Å². The molecule has 0 fully saturated rings. The molecular weight excluding hydrogens is 296 g/mol. The predicted octanol–water partition coefficient (Wildman–Crippen LogP) is 3.68. The normalized spacial score (nSPS) is 10.6. The third kappa shape index (κ3) is 2.63. The van der Waals surface area contributed by atoms with Crippen molar-refractivity contribution in [2.24, 2.45) is 0 Å². The minimum atomic E-state index is -0.217. The average molecular weight is 310 g/mol. The Morgan fingerprint density at radius 3 is 2.45 bits per heavy atom. The van der Waals surface area contributed by atoms with Crippen LogP contribution in [-0.2, 0) is 0 Å². The highest BCUT2D eigenvalue weighted by atomic mass is 32.1. The van der Waals surface area contributed by atoms with Gasteiger partial charge in [-0.2, -0.15) is 5.10 Å². The molecule has 4 nitrogen and oxygen atoms in total. The minimum Gasteiger partial charge on any atom is -0.293 e. The molecule has 0 unspecified atom stereocenters. The third-order valence-corrected chi connectivity index (χ3v) is 4.20. The van der Waals surface area contributed by atoms with Gasteiger partial charge >= 0.3 is 0 Å². The first-order valence-corrected chi connectivity index (χ1v) is 7.70. The first-order chi connectivity index (χ1) is 10.6. The summed E-state index contributed by atoms with van der Waals surface area (Å²) in [5.41, 5.74) is 2.51. The average Bonchev–Trinajstić information content (AvgIpc) is 3.17. The summed E-state index contributed by atoms with van der Waals surface area (Å²) in [7, 11) is 0. The summed E-state index contributed by atoms with van der Waals surface area (Å²) in [6.45, 7) is 3.42. The summed E-state index contributed by atoms with van der Waals surface area (Å²) in [6.07, 6.45) is 1.63. The van der Waals surface area contributed by atoms with Crippen molar-refractivity contribution in [2.75, 3.05) is 0 Å². The number of hydrogen-bond acceptors (Lipinski definition) is 4. The number of aromatic nitrogens is 2. The zero-order valence-electron chi connectivity index (χ0n) is 12.2. The number of carbonyl (C=O) groups excluding carboxylic acids is 2. The molecule has 0 N–H and O–H groups in total. The highest BCUT2D eigenvalue weighted by Gasteiger charge is 2.21. The lowest BCUT2D eigenvalue weighted by molar-refractivity contribution is 0.0988. The summed E-state index contributed by atoms with van der Waals surface area (Å²) in [6, 6.07) is 11.3. The molecule has 3 aromatic rings. The second-order valence-electron chi connectivity index (χ2n) is 5.03. The van der Waals surface area contributed by atoms with Crippen molar-refractivity contribution in [1.29, 1.82) is 0 Å². The van der Waals surface area contributed by atoms with Crippen LogP contribution in [0.2, 0.25) is 0 Å². The van der Waals surface area contributed by atoms with Gasteiger partial charge in [-0.25, -0.2) is 4.68 Å². The van der Waals surface area contributed by atoms with Gasteiger partial charge in [0.05, 0.1) is 16.1 Å². The molecule has 0 spiro atoms. The van der Waals surface area contributed by atoms with Crippen LogP contribution in [0.4, 0.5) is 0 Å². The molecule has 0 atom stereocenters. The van der Waals surface area contributed by atoms with Crippen LogP contribution in [0, 0.1) is 6.92 Å². The maximum Gasteiger partial charge on any atom is 0.206 e. The van der Waals surface area contributed by atoms with Gasteiger partial charge in [-0.1, -0.05) is 23.8 Å². The number of benzene rings is 1. The van der Waals surface area contributed by atoms with Crippen molar-refractivity contribution in [1.82, 2.24) is 9.78 Å². The van der Waals surface area contributed by atoms with Crippen molar-refractivity contribution in [3.8, 4) is 5.69 Å². The fourth-order valence-electron chi connectivity index (χ4n) is 2.17. The Kier molecular flexibility index (Phi) is 3.73. The first kappa shape index (κ1) is 14.4. The molecule has 110 valence electrons. The van der Waals surface area contributed by atoms with Gasteiger partial charge in [0.1, 0.15) is 5.69 Å². The minimum absolute atomic E-state index is 0.168. The van der Waals surface area contributed by atoms with Gasteiger partial charge in [0.25, 0.3) is 0 Å². The number of ketones is 2. The van der Waals surface area contributed by atoms with Crippen molar-refractivity contribution in [3.63, 3.8) is 0 Å². The number of thiophene rings is 1. The van der Waals surface area contributed by atoms with Gasteiger partial charge in [-0.05, 0) is 30.5 Å². The Morgan fingerprint density at radius 1 is 1.14 bits per heavy atom. The van der Waals surface area contributed by atoms with E-state index in [4.69, 9.17) is 0 Å². The van der Waals surface area contributed by atoms with Crippen molar-refractivity contribution in [3.05, 3.63) is 69.7 Å². The van der Waals surface area contributed by atoms with E-state index < -0.39 is 0 Å². The molecule has 0 aliphatic carbocycles. The van der Waals surface area contributed by atoms with Crippen LogP contribution in [-0.4, -0.2) is 21.3 Å². The Labute approximate surface area is 132 Å². The lowest BCUT2D eigenvalue weighted by atomic mass is 10.1. The second-order valence-corrected chi connectivity index (χ2v) is 5.98. The summed E-state index contributed by atoms with van der Waals surface area (Å²) in [4.78, 5) is 25.0. The topological polar surface area (TPSA) is 52.0 Å². The van der Waals surface area contributed by atoms with Crippen LogP contribution in [0.1, 0.15) is 38.2 Å². The number of aryl methyl sites for hydroxylation is 1. The number of carbonyl (C=O) groups is 2. The van der Waals surface area contributed by atoms with Crippen LogP contribution in [0.25, 0.3) is 5.69 Å². The van der Waals surface area contributed by atoms with E-state index in [9.17, 15) is 9.59 Å². The standard InChI is InChI=1S/C17H14N2O2S/c1-11-5-7-13(8-6-11)19-10-14(16(18-19)12(2)20)17(21)15-4-3-9-22-15/h3-10H,1-2H3. The maximum absolute atomic E-state index is 12.5. The number of rotatable bonds is 4. The van der Waals surface area contributed by atoms with Crippen LogP contribution in [0.5, 0.6) is 0 Å². The summed E-state index contributed by atoms with van der Waals surface area (Å²) >= 11 is 1.36. The van der Waals surface area contributed by atoms with E-state index in [0.29, 0.717) is 10.4 Å². The summed E-state index contributed by atoms with van der Waals surface area (Å²) < 4.78 is 1.58. The zero-order valence-corrected chi connectivity index (χ0v) is 13.1. The second kappa shape index (κ2) is 5.69. The molecule has 1 aromatic carbocycles. The molecule has 2 aromatic heterocycles. The van der Waals surface area contributed by atoms with Crippen molar-refractivity contribution in [2.45, 2.75) is 13.8 Å². The Hall–Kier alpha value is -2.53. The molecule has 0 aliphatic rings. The largest absolute Gasteiger partial charge is 0.293 e. The van der Waals surface area contributed by atoms with Crippen LogP contribution in [0.3, 0.4) is 0 Å². The van der Waals surface area contributed by atoms with Crippen LogP contribution < -0.4 is 0 Å². The van der Waals surface area contributed by atoms with Crippen molar-refractivity contribution >= 4 is 22.9 Å². The van der Waals surface area contributed by atoms with E-state index in [-0.39, 0.29) is 17.3 Å². The molecule has 0 saturated heterocycles. The lowest BCUT2D eigenvalue weighted by Crippen LogP contribution is -2.05. The molecule has 0 amide bonds. The van der Waals surface area contributed by atoms with Crippen molar-refractivity contribution < 1.29 is 9.59 Å². The lowest BCUT2D eigenvalue weighted by Gasteiger charge is -2.00. The molecule has 22 heavy (non-hydrogen) atoms. The Morgan fingerprint density at radius 2 is 1.86 bits per heavy atom. The van der Waals surface area contributed by atoms with Gasteiger partial charge < -0.3 is 0 Å². The van der Waals surface area contributed by atoms with Crippen LogP contribution in [0.15, 0.2) is 48.0 Å². The monoisotopic (exact) mass is 310 g/mol. The van der Waals surface area contributed by atoms with Crippen LogP contribution >= 0.6 is 11.3 Å². The third-order valence-electron chi connectivity index (χ3n) is 3.34. The summed E-state index contributed by atoms with van der Waals surface area (Å²) in [5, 5.41) is 6.13. The highest BCUT2D eigenvalue weighted by molar-refractivity contribution is 7.12. The van der Waals surface area contributed by atoms with E-state index in [1.165, 1.54) is 18.3 Å². The molecule has 0 bridgehead atoms. The van der Waals surface area contributed by atoms with Gasteiger partial charge in [0, 0.05) is 13.1 Å². The van der Waals surface area contributed by atoms with E-state index in [1.54, 1.807) is 16.9 Å². The molecule has 2 heterocycles. The number of nitrogens with zero attached hydrogens (tertiary/aromatic N) is 2. The molecule has 0 aliphatic heterocycles. The molecular formula is C17H14N2O2S. The number of Topliss-reactive ketones (excluding diaryl/α,β-unsaturated/α-hetero) is 1. The maximum atomic E-state index is 12.5. The molecule has 3 rings (SSSR count). The van der Waals surface area contributed by atoms with Gasteiger partial charge in [0.15, 0.2) is 5.78 Å². The highest BCUT2D eigenvalue weighted by Crippen LogP contribution is 2.20. The quantitative estimate of drug-likeness (QED) is 0.691. The van der Waals surface area contributed by atoms with Gasteiger partial charge in [-0.15, -0.1) is 11.3 Å².